The van der Waals surface area contributed by atoms with Gasteiger partial charge in [0.2, 0.25) is 5.91 Å². The number of carboxylic acids is 1. The number of likely N-dealkylation sites (N-methyl/N-ethyl adjacent to an activating group) is 1. The molecule has 0 radical (unpaired) electrons. The molecule has 28 heavy (non-hydrogen) atoms. The highest BCUT2D eigenvalue weighted by atomic mass is 19.1. The largest absolute Gasteiger partial charge is 0.482 e. The summed E-state index contributed by atoms with van der Waals surface area (Å²) in [7, 11) is 1.61. The molecule has 0 aliphatic heterocycles. The van der Waals surface area contributed by atoms with E-state index in [1.165, 1.54) is 23.1 Å². The summed E-state index contributed by atoms with van der Waals surface area (Å²) in [5.41, 5.74) is -0.508. The van der Waals surface area contributed by atoms with Gasteiger partial charge in [-0.25, -0.2) is 13.6 Å². The van der Waals surface area contributed by atoms with Crippen molar-refractivity contribution in [1.82, 2.24) is 4.90 Å². The Balaban J connectivity index is 1.74. The third kappa shape index (κ3) is 3.83. The first kappa shape index (κ1) is 19.8. The van der Waals surface area contributed by atoms with E-state index in [-0.39, 0.29) is 18.0 Å². The van der Waals surface area contributed by atoms with Gasteiger partial charge in [-0.15, -0.1) is 0 Å². The summed E-state index contributed by atoms with van der Waals surface area (Å²) in [4.78, 5) is 25.1. The number of benzene rings is 2. The number of rotatable bonds is 7. The molecule has 3 rings (SSSR count). The lowest BCUT2D eigenvalue weighted by molar-refractivity contribution is -0.140. The van der Waals surface area contributed by atoms with Gasteiger partial charge < -0.3 is 14.7 Å². The highest BCUT2D eigenvalue weighted by Gasteiger charge is 2.50. The molecule has 1 amide bonds. The Hall–Kier alpha value is -2.96. The molecule has 2 aromatic carbocycles. The predicted octanol–water partition coefficient (Wildman–Crippen LogP) is 3.51. The fourth-order valence-electron chi connectivity index (χ4n) is 3.60. The van der Waals surface area contributed by atoms with E-state index >= 15 is 0 Å². The average molecular weight is 389 g/mol. The van der Waals surface area contributed by atoms with Crippen molar-refractivity contribution >= 4 is 11.9 Å². The Labute approximate surface area is 161 Å². The van der Waals surface area contributed by atoms with Gasteiger partial charge in [-0.2, -0.15) is 0 Å². The minimum atomic E-state index is -1.16. The van der Waals surface area contributed by atoms with Crippen LogP contribution >= 0.6 is 0 Å². The summed E-state index contributed by atoms with van der Waals surface area (Å²) in [5.74, 6) is -2.36. The highest BCUT2D eigenvalue weighted by molar-refractivity contribution is 5.89. The van der Waals surface area contributed by atoms with Gasteiger partial charge in [-0.1, -0.05) is 24.6 Å². The monoisotopic (exact) mass is 389 g/mol. The first-order chi connectivity index (χ1) is 13.3. The number of ether oxygens (including phenoxy) is 1. The fraction of sp³-hybridized carbons (Fsp3) is 0.333. The van der Waals surface area contributed by atoms with E-state index in [1.807, 2.05) is 0 Å². The van der Waals surface area contributed by atoms with Gasteiger partial charge in [0, 0.05) is 19.2 Å². The van der Waals surface area contributed by atoms with Crippen LogP contribution in [0, 0.1) is 11.6 Å². The molecule has 0 bridgehead atoms. The summed E-state index contributed by atoms with van der Waals surface area (Å²) in [6.07, 6.45) is 1.56. The smallest absolute Gasteiger partial charge is 0.341 e. The zero-order valence-corrected chi connectivity index (χ0v) is 15.5. The summed E-state index contributed by atoms with van der Waals surface area (Å²) in [6, 6.07) is 10.3. The van der Waals surface area contributed by atoms with Gasteiger partial charge in [-0.05, 0) is 42.7 Å². The third-order valence-electron chi connectivity index (χ3n) is 5.11. The van der Waals surface area contributed by atoms with Crippen LogP contribution in [0.1, 0.15) is 30.4 Å². The quantitative estimate of drug-likeness (QED) is 0.787. The predicted molar refractivity (Wildman–Crippen MR) is 97.9 cm³/mol. The minimum absolute atomic E-state index is 0.143. The van der Waals surface area contributed by atoms with Crippen LogP contribution in [0.25, 0.3) is 0 Å². The van der Waals surface area contributed by atoms with Crippen LogP contribution < -0.4 is 4.74 Å². The Bertz CT molecular complexity index is 858. The summed E-state index contributed by atoms with van der Waals surface area (Å²) >= 11 is 0. The van der Waals surface area contributed by atoms with Crippen molar-refractivity contribution in [2.75, 3.05) is 13.7 Å². The van der Waals surface area contributed by atoms with Gasteiger partial charge in [0.15, 0.2) is 6.61 Å². The van der Waals surface area contributed by atoms with Crippen LogP contribution in [0.4, 0.5) is 8.78 Å². The number of carboxylic acid groups (broad SMARTS) is 1. The summed E-state index contributed by atoms with van der Waals surface area (Å²) in [5, 5.41) is 8.62. The lowest BCUT2D eigenvalue weighted by Gasteiger charge is -2.43. The van der Waals surface area contributed by atoms with Crippen molar-refractivity contribution in [2.45, 2.75) is 31.2 Å². The maximum Gasteiger partial charge on any atom is 0.341 e. The van der Waals surface area contributed by atoms with E-state index in [2.05, 4.69) is 0 Å². The number of hydrogen-bond donors (Lipinski definition) is 1. The molecule has 5 nitrogen and oxygen atoms in total. The second-order valence-corrected chi connectivity index (χ2v) is 7.02. The van der Waals surface area contributed by atoms with E-state index in [1.54, 1.807) is 31.3 Å². The van der Waals surface area contributed by atoms with Crippen molar-refractivity contribution in [3.63, 3.8) is 0 Å². The molecular weight excluding hydrogens is 368 g/mol. The number of nitrogens with zero attached hydrogens (tertiary/aromatic N) is 1. The number of amides is 1. The van der Waals surface area contributed by atoms with Gasteiger partial charge >= 0.3 is 5.97 Å². The molecule has 2 aromatic rings. The molecule has 0 unspecified atom stereocenters. The summed E-state index contributed by atoms with van der Waals surface area (Å²) < 4.78 is 33.7. The van der Waals surface area contributed by atoms with Gasteiger partial charge in [0.05, 0.1) is 5.41 Å². The maximum absolute atomic E-state index is 14.3. The second-order valence-electron chi connectivity index (χ2n) is 7.02. The van der Waals surface area contributed by atoms with Gasteiger partial charge in [0.25, 0.3) is 0 Å². The van der Waals surface area contributed by atoms with Gasteiger partial charge in [0.1, 0.15) is 17.4 Å². The normalized spacial score (nSPS) is 14.8. The van der Waals surface area contributed by atoms with Gasteiger partial charge in [-0.3, -0.25) is 4.79 Å². The zero-order chi connectivity index (χ0) is 20.3. The topological polar surface area (TPSA) is 66.8 Å². The number of hydrogen-bond acceptors (Lipinski definition) is 3. The average Bonchev–Trinajstić information content (AvgIpc) is 2.62. The van der Waals surface area contributed by atoms with Crippen LogP contribution in [0.2, 0.25) is 0 Å². The molecule has 1 fully saturated rings. The molecule has 0 heterocycles. The molecule has 1 saturated carbocycles. The molecule has 0 spiro atoms. The molecule has 0 atom stereocenters. The molecule has 1 aliphatic rings. The fourth-order valence-corrected chi connectivity index (χ4v) is 3.60. The molecule has 7 heteroatoms. The molecular formula is C21H21F2NO4. The standard InChI is InChI=1S/C21H21F2NO4/c1-24(12-14-6-8-15(9-7-14)28-13-18(25)26)20(27)21(10-3-11-21)19-16(22)4-2-5-17(19)23/h2,4-9H,3,10-13H2,1H3,(H,25,26). The van der Waals surface area contributed by atoms with Crippen molar-refractivity contribution in [2.24, 2.45) is 0 Å². The van der Waals surface area contributed by atoms with Crippen LogP contribution in [0.15, 0.2) is 42.5 Å². The Morgan fingerprint density at radius 3 is 2.21 bits per heavy atom. The van der Waals surface area contributed by atoms with E-state index in [0.717, 1.165) is 12.0 Å². The molecule has 0 aromatic heterocycles. The third-order valence-corrected chi connectivity index (χ3v) is 5.11. The van der Waals surface area contributed by atoms with Crippen molar-refractivity contribution in [3.8, 4) is 5.75 Å². The minimum Gasteiger partial charge on any atom is -0.482 e. The summed E-state index contributed by atoms with van der Waals surface area (Å²) in [6.45, 7) is -0.176. The van der Waals surface area contributed by atoms with Crippen molar-refractivity contribution in [1.29, 1.82) is 0 Å². The van der Waals surface area contributed by atoms with E-state index < -0.39 is 29.6 Å². The molecule has 148 valence electrons. The van der Waals surface area contributed by atoms with E-state index in [9.17, 15) is 18.4 Å². The second kappa shape index (κ2) is 7.96. The van der Waals surface area contributed by atoms with E-state index in [0.29, 0.717) is 18.6 Å². The number of aliphatic carboxylic acids is 1. The number of halogens is 2. The number of carbonyl (C=O) groups is 2. The van der Waals surface area contributed by atoms with Crippen LogP contribution in [0.5, 0.6) is 5.75 Å². The Kier molecular flexibility index (Phi) is 5.63. The van der Waals surface area contributed by atoms with Crippen LogP contribution in [-0.4, -0.2) is 35.5 Å². The Morgan fingerprint density at radius 1 is 1.11 bits per heavy atom. The highest BCUT2D eigenvalue weighted by Crippen LogP contribution is 2.47. The maximum atomic E-state index is 14.3. The van der Waals surface area contributed by atoms with Crippen molar-refractivity contribution < 1.29 is 28.2 Å². The Morgan fingerprint density at radius 2 is 1.71 bits per heavy atom. The van der Waals surface area contributed by atoms with Crippen LogP contribution in [0.3, 0.4) is 0 Å². The molecule has 1 aliphatic carbocycles. The molecule has 0 saturated heterocycles. The first-order valence-corrected chi connectivity index (χ1v) is 8.97. The zero-order valence-electron chi connectivity index (χ0n) is 15.5. The lowest BCUT2D eigenvalue weighted by Crippen LogP contribution is -2.50. The van der Waals surface area contributed by atoms with E-state index in [4.69, 9.17) is 9.84 Å². The first-order valence-electron chi connectivity index (χ1n) is 8.97. The SMILES string of the molecule is CN(Cc1ccc(OCC(=O)O)cc1)C(=O)C1(c2c(F)cccc2F)CCC1. The number of carbonyl (C=O) groups excluding carboxylic acids is 1. The van der Waals surface area contributed by atoms with Crippen LogP contribution in [-0.2, 0) is 21.5 Å². The van der Waals surface area contributed by atoms with Crippen molar-refractivity contribution in [3.05, 3.63) is 65.2 Å². The lowest BCUT2D eigenvalue weighted by atomic mass is 9.63. The molecule has 1 N–H and O–H groups in total.